The number of Topliss-reactive ketones (excluding diaryl/α,β-unsaturated/α-hetero) is 2. The molecule has 374 valence electrons. The maximum Gasteiger partial charge on any atom is 0.255 e. The van der Waals surface area contributed by atoms with Gasteiger partial charge in [-0.3, -0.25) is 24.1 Å². The van der Waals surface area contributed by atoms with E-state index >= 15 is 0 Å². The van der Waals surface area contributed by atoms with Gasteiger partial charge in [-0.05, 0) is 112 Å². The van der Waals surface area contributed by atoms with E-state index in [2.05, 4.69) is 47.7 Å². The molecule has 2 amide bonds. The minimum absolute atomic E-state index is 0.100. The molecule has 1 aromatic heterocycles. The van der Waals surface area contributed by atoms with E-state index in [1.165, 1.54) is 5.56 Å². The van der Waals surface area contributed by atoms with Crippen molar-refractivity contribution in [2.24, 2.45) is 0 Å². The number of nitrogens with one attached hydrogen (secondary N) is 4. The van der Waals surface area contributed by atoms with Crippen LogP contribution in [0.25, 0.3) is 0 Å². The summed E-state index contributed by atoms with van der Waals surface area (Å²) in [4.78, 5) is 64.9. The summed E-state index contributed by atoms with van der Waals surface area (Å²) in [5.41, 5.74) is 5.54. The molecule has 1 saturated carbocycles. The predicted octanol–water partition coefficient (Wildman–Crippen LogP) is 6.92. The minimum Gasteiger partial charge on any atom is -0.494 e. The number of rotatable bonds is 20. The second kappa shape index (κ2) is 22.6. The lowest BCUT2D eigenvalue weighted by atomic mass is 9.92. The van der Waals surface area contributed by atoms with E-state index in [1.807, 2.05) is 49.4 Å². The molecule has 0 unspecified atom stereocenters. The number of aromatic nitrogens is 2. The van der Waals surface area contributed by atoms with Crippen LogP contribution < -0.4 is 30.1 Å². The van der Waals surface area contributed by atoms with Crippen molar-refractivity contribution in [3.8, 4) is 11.5 Å². The Morgan fingerprint density at radius 2 is 1.66 bits per heavy atom. The second-order valence-corrected chi connectivity index (χ2v) is 20.9. The van der Waals surface area contributed by atoms with Gasteiger partial charge in [-0.25, -0.2) is 18.1 Å². The second-order valence-electron chi connectivity index (χ2n) is 19.2. The number of amides is 2. The van der Waals surface area contributed by atoms with Crippen molar-refractivity contribution in [1.82, 2.24) is 29.8 Å². The van der Waals surface area contributed by atoms with E-state index in [0.717, 1.165) is 55.2 Å². The van der Waals surface area contributed by atoms with E-state index in [4.69, 9.17) is 14.2 Å². The first-order chi connectivity index (χ1) is 34.1. The molecule has 3 heterocycles. The Labute approximate surface area is 415 Å². The number of aryl methyl sites for hydroxylation is 2. The maximum atomic E-state index is 13.7. The Hall–Kier alpha value is -6.73. The average Bonchev–Trinajstić information content (AvgIpc) is 3.67. The van der Waals surface area contributed by atoms with E-state index in [1.54, 1.807) is 62.2 Å². The first-order valence-corrected chi connectivity index (χ1v) is 25.6. The molecule has 4 N–H and O–H groups in total. The summed E-state index contributed by atoms with van der Waals surface area (Å²) in [6.07, 6.45) is 3.23. The van der Waals surface area contributed by atoms with Crippen molar-refractivity contribution in [1.29, 1.82) is 0 Å². The van der Waals surface area contributed by atoms with Crippen LogP contribution in [-0.2, 0) is 55.3 Å². The van der Waals surface area contributed by atoms with Crippen molar-refractivity contribution in [2.75, 3.05) is 50.1 Å². The van der Waals surface area contributed by atoms with Gasteiger partial charge in [-0.1, -0.05) is 36.4 Å². The summed E-state index contributed by atoms with van der Waals surface area (Å²) in [5, 5.41) is 9.41. The SMILES string of the molecule is Cc1cnc(Nc2ccc(OCCCNC(=O)CCc3ccc4c(c3OCc3ccc(CN5CCOCC5)cc3)CN([C@H]3CCC(=O)CC3=O)C4=O)cc2)nc1Nc1cccc(S(=O)(=O)NC(C)(C)C)c1. The molecule has 4 aromatic carbocycles. The number of anilines is 4. The molecule has 2 aliphatic heterocycles. The zero-order valence-corrected chi connectivity index (χ0v) is 41.5. The Morgan fingerprint density at radius 3 is 2.41 bits per heavy atom. The van der Waals surface area contributed by atoms with Gasteiger partial charge >= 0.3 is 0 Å². The third-order valence-electron chi connectivity index (χ3n) is 12.4. The van der Waals surface area contributed by atoms with Gasteiger partial charge in [0.2, 0.25) is 21.9 Å². The van der Waals surface area contributed by atoms with Gasteiger partial charge < -0.3 is 35.1 Å². The smallest absolute Gasteiger partial charge is 0.255 e. The molecule has 3 aliphatic rings. The van der Waals surface area contributed by atoms with Crippen LogP contribution in [0, 0.1) is 6.92 Å². The van der Waals surface area contributed by atoms with Crippen LogP contribution in [0.2, 0.25) is 0 Å². The third-order valence-corrected chi connectivity index (χ3v) is 14.1. The van der Waals surface area contributed by atoms with Crippen LogP contribution in [0.1, 0.15) is 91.1 Å². The number of carbonyl (C=O) groups excluding carboxylic acids is 4. The zero-order chi connectivity index (χ0) is 50.1. The quantitative estimate of drug-likeness (QED) is 0.0461. The van der Waals surface area contributed by atoms with E-state index in [0.29, 0.717) is 72.5 Å². The van der Waals surface area contributed by atoms with Crippen LogP contribution in [-0.4, -0.2) is 103 Å². The van der Waals surface area contributed by atoms with Crippen molar-refractivity contribution in [2.45, 2.75) is 102 Å². The Balaban J connectivity index is 0.817. The third kappa shape index (κ3) is 13.6. The number of ketones is 2. The number of sulfonamides is 1. The van der Waals surface area contributed by atoms with Crippen LogP contribution >= 0.6 is 0 Å². The number of nitrogens with zero attached hydrogens (tertiary/aromatic N) is 4. The number of ether oxygens (including phenoxy) is 3. The Bertz CT molecular complexity index is 2850. The fourth-order valence-electron chi connectivity index (χ4n) is 8.72. The maximum absolute atomic E-state index is 13.7. The Morgan fingerprint density at radius 1 is 0.901 bits per heavy atom. The van der Waals surface area contributed by atoms with Gasteiger partial charge in [0.05, 0.1) is 43.7 Å². The number of hydrogen-bond acceptors (Lipinski definition) is 14. The van der Waals surface area contributed by atoms with Gasteiger partial charge in [0, 0.05) is 78.8 Å². The summed E-state index contributed by atoms with van der Waals surface area (Å²) in [5.74, 6) is 1.33. The van der Waals surface area contributed by atoms with Gasteiger partial charge in [0.25, 0.3) is 5.91 Å². The summed E-state index contributed by atoms with van der Waals surface area (Å²) in [6, 6.07) is 25.1. The van der Waals surface area contributed by atoms with Crippen LogP contribution in [0.4, 0.5) is 23.1 Å². The van der Waals surface area contributed by atoms with Gasteiger partial charge in [0.15, 0.2) is 5.78 Å². The average molecular weight is 987 g/mol. The molecule has 1 saturated heterocycles. The molecule has 1 aliphatic carbocycles. The molecule has 71 heavy (non-hydrogen) atoms. The highest BCUT2D eigenvalue weighted by Crippen LogP contribution is 2.38. The molecule has 18 heteroatoms. The summed E-state index contributed by atoms with van der Waals surface area (Å²) >= 11 is 0. The molecular weight excluding hydrogens is 925 g/mol. The van der Waals surface area contributed by atoms with Gasteiger partial charge in [-0.2, -0.15) is 4.98 Å². The van der Waals surface area contributed by atoms with Crippen molar-refractivity contribution in [3.05, 3.63) is 125 Å². The molecular formula is C53H62N8O9S. The number of hydrogen-bond donors (Lipinski definition) is 4. The molecule has 1 atom stereocenters. The molecule has 8 rings (SSSR count). The fourth-order valence-corrected chi connectivity index (χ4v) is 10.2. The Kier molecular flexibility index (Phi) is 16.1. The number of benzene rings is 4. The molecule has 2 fully saturated rings. The van der Waals surface area contributed by atoms with Crippen LogP contribution in [0.5, 0.6) is 11.5 Å². The molecule has 0 spiro atoms. The molecule has 0 bridgehead atoms. The summed E-state index contributed by atoms with van der Waals surface area (Å²) in [7, 11) is -3.73. The van der Waals surface area contributed by atoms with Crippen LogP contribution in [0.15, 0.2) is 96.0 Å². The van der Waals surface area contributed by atoms with Gasteiger partial charge in [-0.15, -0.1) is 0 Å². The summed E-state index contributed by atoms with van der Waals surface area (Å²) in [6.45, 7) is 12.6. The summed E-state index contributed by atoms with van der Waals surface area (Å²) < 4.78 is 46.5. The predicted molar refractivity (Wildman–Crippen MR) is 269 cm³/mol. The van der Waals surface area contributed by atoms with E-state index < -0.39 is 21.6 Å². The fraction of sp³-hybridized carbons (Fsp3) is 0.396. The van der Waals surface area contributed by atoms with Gasteiger partial charge in [0.1, 0.15) is 29.7 Å². The lowest BCUT2D eigenvalue weighted by molar-refractivity contribution is -0.133. The number of morpholine rings is 1. The van der Waals surface area contributed by atoms with Crippen molar-refractivity contribution < 1.29 is 41.8 Å². The number of carbonyl (C=O) groups is 4. The van der Waals surface area contributed by atoms with E-state index in [-0.39, 0.29) is 60.7 Å². The lowest BCUT2D eigenvalue weighted by Crippen LogP contribution is -2.44. The molecule has 17 nitrogen and oxygen atoms in total. The first-order valence-electron chi connectivity index (χ1n) is 24.1. The topological polar surface area (TPSA) is 210 Å². The monoisotopic (exact) mass is 986 g/mol. The molecule has 0 radical (unpaired) electrons. The highest BCUT2D eigenvalue weighted by Gasteiger charge is 2.40. The van der Waals surface area contributed by atoms with E-state index in [9.17, 15) is 27.6 Å². The van der Waals surface area contributed by atoms with Crippen molar-refractivity contribution in [3.63, 3.8) is 0 Å². The largest absolute Gasteiger partial charge is 0.494 e. The zero-order valence-electron chi connectivity index (χ0n) is 40.7. The highest BCUT2D eigenvalue weighted by atomic mass is 32.2. The first kappa shape index (κ1) is 50.7. The lowest BCUT2D eigenvalue weighted by Gasteiger charge is -2.29. The molecule has 5 aromatic rings. The standard InChI is InChI=1S/C53H62N8O9S/c1-35-31-55-52(58-50(35)56-40-7-5-8-43(29-40)71(66,67)59-53(2,3)4)57-39-15-18-42(19-16-39)69-26-6-23-54-48(64)22-14-38-13-20-44-45(33-61(51(44)65)46-21-17-41(62)30-47(46)63)49(38)70-34-37-11-9-36(10-12-37)32-60-24-27-68-28-25-60/h5,7-13,15-16,18-20,29,31,46,59H,6,14,17,21-28,30,32-34H2,1-4H3,(H,54,64)(H2,55,56,57,58)/t46-/m0/s1. The van der Waals surface area contributed by atoms with Crippen LogP contribution in [0.3, 0.4) is 0 Å². The normalized spacial score (nSPS) is 16.4. The minimum atomic E-state index is -3.73. The number of fused-ring (bicyclic) bond motifs is 1. The van der Waals surface area contributed by atoms with Crippen molar-refractivity contribution >= 4 is 56.5 Å². The highest BCUT2D eigenvalue weighted by molar-refractivity contribution is 7.89.